The summed E-state index contributed by atoms with van der Waals surface area (Å²) in [6, 6.07) is 37.0. The Bertz CT molecular complexity index is 1240. The molecule has 31 heavy (non-hydrogen) atoms. The molecule has 4 nitrogen and oxygen atoms in total. The fourth-order valence-corrected chi connectivity index (χ4v) is 3.32. The van der Waals surface area contributed by atoms with Gasteiger partial charge < -0.3 is 4.57 Å². The summed E-state index contributed by atoms with van der Waals surface area (Å²) in [6.07, 6.45) is 5.08. The number of hydrogen-bond donors (Lipinski definition) is 0. The maximum Gasteiger partial charge on any atom is 2.00 e. The molecule has 0 bridgehead atoms. The largest absolute Gasteiger partial charge is 2.00 e. The molecule has 0 N–H and O–H groups in total. The van der Waals surface area contributed by atoms with E-state index in [0.717, 1.165) is 34.4 Å². The van der Waals surface area contributed by atoms with Crippen LogP contribution in [0.15, 0.2) is 109 Å². The number of para-hydroxylation sites is 1. The summed E-state index contributed by atoms with van der Waals surface area (Å²) >= 11 is 0. The molecule has 3 heterocycles. The Kier molecular flexibility index (Phi) is 6.39. The van der Waals surface area contributed by atoms with Crippen LogP contribution >= 0.6 is 0 Å². The van der Waals surface area contributed by atoms with Crippen molar-refractivity contribution in [1.82, 2.24) is 14.5 Å². The fourth-order valence-electron chi connectivity index (χ4n) is 3.32. The molecule has 5 rings (SSSR count). The molecule has 0 amide bonds. The van der Waals surface area contributed by atoms with Crippen molar-refractivity contribution in [2.24, 2.45) is 0 Å². The molecule has 0 fully saturated rings. The van der Waals surface area contributed by atoms with Gasteiger partial charge in [0, 0.05) is 5.69 Å². The monoisotopic (exact) mass is 581 g/mol. The molecule has 5 heteroatoms. The predicted octanol–water partition coefficient (Wildman–Crippen LogP) is 6.00. The van der Waals surface area contributed by atoms with E-state index in [1.807, 2.05) is 102 Å². The van der Waals surface area contributed by atoms with E-state index in [4.69, 9.17) is 9.97 Å². The van der Waals surface area contributed by atoms with Crippen LogP contribution < -0.4 is 4.90 Å². The molecular formula is C26H18N4Pt. The number of aromatic nitrogens is 3. The van der Waals surface area contributed by atoms with E-state index in [0.29, 0.717) is 0 Å². The second kappa shape index (κ2) is 9.55. The predicted molar refractivity (Wildman–Crippen MR) is 119 cm³/mol. The summed E-state index contributed by atoms with van der Waals surface area (Å²) in [5.74, 6) is 2.37. The zero-order valence-electron chi connectivity index (χ0n) is 16.5. The maximum absolute atomic E-state index is 4.93. The summed E-state index contributed by atoms with van der Waals surface area (Å²) in [7, 11) is 0. The van der Waals surface area contributed by atoms with E-state index in [2.05, 4.69) is 29.3 Å². The second-order valence-corrected chi connectivity index (χ2v) is 6.69. The third-order valence-electron chi connectivity index (χ3n) is 4.70. The molecule has 0 aliphatic rings. The SMILES string of the molecule is [Pt+2].[c-]1ccccc1-c1cccc(N(c2ccccc2)c2cccc(-n3[c-]ccc3)n2)n1. The van der Waals surface area contributed by atoms with Crippen molar-refractivity contribution in [2.45, 2.75) is 0 Å². The number of anilines is 3. The molecule has 0 aliphatic carbocycles. The zero-order chi connectivity index (χ0) is 20.2. The van der Waals surface area contributed by atoms with Gasteiger partial charge in [0.2, 0.25) is 0 Å². The van der Waals surface area contributed by atoms with Crippen LogP contribution in [0, 0.1) is 12.3 Å². The Morgan fingerprint density at radius 2 is 1.45 bits per heavy atom. The smallest absolute Gasteiger partial charge is 0.436 e. The first-order valence-corrected chi connectivity index (χ1v) is 9.70. The molecule has 0 atom stereocenters. The molecule has 0 saturated carbocycles. The van der Waals surface area contributed by atoms with Crippen molar-refractivity contribution in [3.8, 4) is 17.1 Å². The van der Waals surface area contributed by atoms with Crippen molar-refractivity contribution in [3.05, 3.63) is 122 Å². The quantitative estimate of drug-likeness (QED) is 0.239. The fraction of sp³-hybridized carbons (Fsp3) is 0. The van der Waals surface area contributed by atoms with Crippen LogP contribution in [0.5, 0.6) is 0 Å². The standard InChI is InChI=1S/C26H18N4.Pt/c1-3-11-21(12-4-1)23-15-9-17-25(27-23)30(22-13-5-2-6-14-22)26-18-10-16-24(28-26)29-19-7-8-20-29;/h1-11,13-19H;/q-2;+2. The second-order valence-electron chi connectivity index (χ2n) is 6.69. The van der Waals surface area contributed by atoms with Crippen LogP contribution in [0.4, 0.5) is 17.3 Å². The number of pyridine rings is 2. The summed E-state index contributed by atoms with van der Waals surface area (Å²) in [5.41, 5.74) is 2.81. The molecular weight excluding hydrogens is 563 g/mol. The molecule has 0 radical (unpaired) electrons. The Morgan fingerprint density at radius 1 is 0.677 bits per heavy atom. The number of benzene rings is 2. The number of hydrogen-bond acceptors (Lipinski definition) is 3. The summed E-state index contributed by atoms with van der Waals surface area (Å²) in [6.45, 7) is 0. The molecule has 0 spiro atoms. The van der Waals surface area contributed by atoms with E-state index in [1.165, 1.54) is 0 Å². The Labute approximate surface area is 196 Å². The normalized spacial score (nSPS) is 10.3. The van der Waals surface area contributed by atoms with Gasteiger partial charge in [-0.2, -0.15) is 6.07 Å². The molecule has 5 aromatic rings. The average Bonchev–Trinajstić information content (AvgIpc) is 3.36. The van der Waals surface area contributed by atoms with Crippen LogP contribution in [-0.4, -0.2) is 14.5 Å². The molecule has 2 aromatic carbocycles. The zero-order valence-corrected chi connectivity index (χ0v) is 18.8. The van der Waals surface area contributed by atoms with Crippen LogP contribution in [0.1, 0.15) is 0 Å². The Morgan fingerprint density at radius 3 is 2.19 bits per heavy atom. The first-order valence-electron chi connectivity index (χ1n) is 9.70. The molecule has 3 aromatic heterocycles. The topological polar surface area (TPSA) is 34.0 Å². The minimum atomic E-state index is 0. The van der Waals surface area contributed by atoms with Gasteiger partial charge in [-0.15, -0.1) is 48.2 Å². The van der Waals surface area contributed by atoms with Crippen LogP contribution in [-0.2, 0) is 21.1 Å². The number of rotatable bonds is 5. The maximum atomic E-state index is 4.93. The third kappa shape index (κ3) is 4.50. The Hall–Kier alpha value is -3.49. The van der Waals surface area contributed by atoms with Gasteiger partial charge in [0.05, 0.1) is 5.82 Å². The summed E-state index contributed by atoms with van der Waals surface area (Å²) in [5, 5.41) is 0. The van der Waals surface area contributed by atoms with Gasteiger partial charge in [-0.05, 0) is 30.0 Å². The van der Waals surface area contributed by atoms with Gasteiger partial charge in [0.1, 0.15) is 11.6 Å². The average molecular weight is 582 g/mol. The van der Waals surface area contributed by atoms with Crippen molar-refractivity contribution in [1.29, 1.82) is 0 Å². The van der Waals surface area contributed by atoms with Gasteiger partial charge >= 0.3 is 21.1 Å². The van der Waals surface area contributed by atoms with Gasteiger partial charge in [-0.3, -0.25) is 14.9 Å². The molecule has 0 unspecified atom stereocenters. The third-order valence-corrected chi connectivity index (χ3v) is 4.70. The van der Waals surface area contributed by atoms with Gasteiger partial charge in [0.25, 0.3) is 0 Å². The first kappa shape index (κ1) is 20.8. The van der Waals surface area contributed by atoms with Gasteiger partial charge in [0.15, 0.2) is 0 Å². The van der Waals surface area contributed by atoms with E-state index < -0.39 is 0 Å². The molecule has 152 valence electrons. The van der Waals surface area contributed by atoms with E-state index in [1.54, 1.807) is 0 Å². The van der Waals surface area contributed by atoms with E-state index in [-0.39, 0.29) is 21.1 Å². The van der Waals surface area contributed by atoms with Crippen LogP contribution in [0.25, 0.3) is 17.1 Å². The summed E-state index contributed by atoms with van der Waals surface area (Å²) in [4.78, 5) is 11.9. The minimum Gasteiger partial charge on any atom is -0.436 e. The van der Waals surface area contributed by atoms with E-state index in [9.17, 15) is 0 Å². The van der Waals surface area contributed by atoms with Gasteiger partial charge in [-0.1, -0.05) is 48.7 Å². The van der Waals surface area contributed by atoms with Crippen molar-refractivity contribution in [2.75, 3.05) is 4.90 Å². The van der Waals surface area contributed by atoms with Crippen molar-refractivity contribution in [3.63, 3.8) is 0 Å². The molecule has 0 aliphatic heterocycles. The van der Waals surface area contributed by atoms with E-state index >= 15 is 0 Å². The van der Waals surface area contributed by atoms with Crippen LogP contribution in [0.2, 0.25) is 0 Å². The number of nitrogens with zero attached hydrogens (tertiary/aromatic N) is 4. The minimum absolute atomic E-state index is 0. The van der Waals surface area contributed by atoms with Crippen LogP contribution in [0.3, 0.4) is 0 Å². The first-order chi connectivity index (χ1) is 14.9. The van der Waals surface area contributed by atoms with Gasteiger partial charge in [-0.25, -0.2) is 0 Å². The Balaban J connectivity index is 0.00000231. The van der Waals surface area contributed by atoms with Crippen molar-refractivity contribution >= 4 is 17.3 Å². The molecule has 0 saturated heterocycles. The van der Waals surface area contributed by atoms with Crippen molar-refractivity contribution < 1.29 is 21.1 Å². The summed E-state index contributed by atoms with van der Waals surface area (Å²) < 4.78 is 1.87.